The minimum absolute atomic E-state index is 0.129. The zero-order chi connectivity index (χ0) is 13.2. The molecule has 3 heteroatoms. The molecule has 0 atom stereocenters. The van der Waals surface area contributed by atoms with Gasteiger partial charge in [-0.2, -0.15) is 0 Å². The summed E-state index contributed by atoms with van der Waals surface area (Å²) in [7, 11) is 1.42. The van der Waals surface area contributed by atoms with Gasteiger partial charge in [-0.25, -0.2) is 0 Å². The van der Waals surface area contributed by atoms with Crippen LogP contribution in [0.25, 0.3) is 0 Å². The van der Waals surface area contributed by atoms with Gasteiger partial charge in [-0.05, 0) is 25.3 Å². The molecule has 0 radical (unpaired) electrons. The number of hydrogen-bond donors (Lipinski definition) is 0. The third-order valence-electron chi connectivity index (χ3n) is 2.79. The molecule has 18 heavy (non-hydrogen) atoms. The lowest BCUT2D eigenvalue weighted by Gasteiger charge is -2.04. The van der Waals surface area contributed by atoms with Gasteiger partial charge < -0.3 is 9.47 Å². The van der Waals surface area contributed by atoms with E-state index < -0.39 is 0 Å². The molecule has 0 unspecified atom stereocenters. The van der Waals surface area contributed by atoms with E-state index in [-0.39, 0.29) is 5.97 Å². The first-order valence-electron chi connectivity index (χ1n) is 6.42. The lowest BCUT2D eigenvalue weighted by molar-refractivity contribution is -0.140. The second-order valence-electron chi connectivity index (χ2n) is 4.42. The van der Waals surface area contributed by atoms with Crippen molar-refractivity contribution < 1.29 is 14.3 Å². The first-order chi connectivity index (χ1) is 8.72. The smallest absolute Gasteiger partial charge is 0.305 e. The second kappa shape index (κ2) is 8.70. The van der Waals surface area contributed by atoms with Gasteiger partial charge in [-0.1, -0.05) is 36.2 Å². The van der Waals surface area contributed by atoms with Gasteiger partial charge >= 0.3 is 5.97 Å². The average Bonchev–Trinajstić information content (AvgIpc) is 2.39. The largest absolute Gasteiger partial charge is 0.469 e. The molecule has 0 aliphatic rings. The van der Waals surface area contributed by atoms with Crippen molar-refractivity contribution >= 4 is 5.97 Å². The van der Waals surface area contributed by atoms with Crippen LogP contribution >= 0.6 is 0 Å². The molecule has 0 spiro atoms. The monoisotopic (exact) mass is 250 g/mol. The van der Waals surface area contributed by atoms with Gasteiger partial charge in [0.05, 0.1) is 13.7 Å². The van der Waals surface area contributed by atoms with Gasteiger partial charge in [-0.3, -0.25) is 4.79 Å². The van der Waals surface area contributed by atoms with Crippen LogP contribution in [0.2, 0.25) is 0 Å². The Morgan fingerprint density at radius 2 is 1.83 bits per heavy atom. The van der Waals surface area contributed by atoms with Crippen molar-refractivity contribution in [2.45, 2.75) is 39.2 Å². The topological polar surface area (TPSA) is 35.5 Å². The first kappa shape index (κ1) is 14.7. The molecular weight excluding hydrogens is 228 g/mol. The molecule has 0 saturated heterocycles. The molecule has 0 fully saturated rings. The highest BCUT2D eigenvalue weighted by atomic mass is 16.5. The van der Waals surface area contributed by atoms with Gasteiger partial charge in [0, 0.05) is 13.0 Å². The summed E-state index contributed by atoms with van der Waals surface area (Å²) in [5, 5.41) is 0. The Balaban J connectivity index is 1.99. The fourth-order valence-corrected chi connectivity index (χ4v) is 1.63. The standard InChI is InChI=1S/C15H22O3/c1-13-7-9-14(10-8-13)12-18-11-5-3-4-6-15(16)17-2/h7-10H,3-6,11-12H2,1-2H3. The van der Waals surface area contributed by atoms with E-state index in [1.807, 2.05) is 0 Å². The van der Waals surface area contributed by atoms with Crippen molar-refractivity contribution in [3.63, 3.8) is 0 Å². The van der Waals surface area contributed by atoms with Gasteiger partial charge in [0.25, 0.3) is 0 Å². The van der Waals surface area contributed by atoms with Crippen LogP contribution < -0.4 is 0 Å². The Morgan fingerprint density at radius 3 is 2.50 bits per heavy atom. The van der Waals surface area contributed by atoms with Crippen LogP contribution in [-0.2, 0) is 20.9 Å². The Bertz CT molecular complexity index is 343. The normalized spacial score (nSPS) is 10.3. The molecule has 0 bridgehead atoms. The van der Waals surface area contributed by atoms with Crippen molar-refractivity contribution in [2.75, 3.05) is 13.7 Å². The number of unbranched alkanes of at least 4 members (excludes halogenated alkanes) is 2. The third-order valence-corrected chi connectivity index (χ3v) is 2.79. The number of carbonyl (C=O) groups is 1. The summed E-state index contributed by atoms with van der Waals surface area (Å²) in [5.41, 5.74) is 2.47. The summed E-state index contributed by atoms with van der Waals surface area (Å²) >= 11 is 0. The Morgan fingerprint density at radius 1 is 1.11 bits per heavy atom. The van der Waals surface area contributed by atoms with Gasteiger partial charge in [0.1, 0.15) is 0 Å². The molecule has 0 aliphatic heterocycles. The van der Waals surface area contributed by atoms with Crippen molar-refractivity contribution in [1.29, 1.82) is 0 Å². The van der Waals surface area contributed by atoms with E-state index in [0.29, 0.717) is 13.0 Å². The number of ether oxygens (including phenoxy) is 2. The summed E-state index contributed by atoms with van der Waals surface area (Å²) in [6, 6.07) is 8.36. The lowest BCUT2D eigenvalue weighted by atomic mass is 10.2. The molecule has 0 heterocycles. The van der Waals surface area contributed by atoms with Crippen LogP contribution in [0.3, 0.4) is 0 Å². The highest BCUT2D eigenvalue weighted by molar-refractivity contribution is 5.68. The van der Waals surface area contributed by atoms with Crippen molar-refractivity contribution in [2.24, 2.45) is 0 Å². The first-order valence-corrected chi connectivity index (χ1v) is 6.42. The number of rotatable bonds is 8. The molecule has 0 aromatic heterocycles. The molecule has 1 aromatic rings. The molecule has 1 aromatic carbocycles. The van der Waals surface area contributed by atoms with E-state index in [1.54, 1.807) is 0 Å². The van der Waals surface area contributed by atoms with Gasteiger partial charge in [0.15, 0.2) is 0 Å². The SMILES string of the molecule is COC(=O)CCCCCOCc1ccc(C)cc1. The lowest BCUT2D eigenvalue weighted by Crippen LogP contribution is -2.00. The molecule has 1 rings (SSSR count). The zero-order valence-corrected chi connectivity index (χ0v) is 11.3. The van der Waals surface area contributed by atoms with Crippen molar-refractivity contribution in [3.05, 3.63) is 35.4 Å². The Kier molecular flexibility index (Phi) is 7.11. The van der Waals surface area contributed by atoms with Crippen LogP contribution in [0.1, 0.15) is 36.8 Å². The molecule has 0 N–H and O–H groups in total. The number of carbonyl (C=O) groups excluding carboxylic acids is 1. The van der Waals surface area contributed by atoms with Crippen molar-refractivity contribution in [3.8, 4) is 0 Å². The molecular formula is C15H22O3. The van der Waals surface area contributed by atoms with Crippen LogP contribution in [-0.4, -0.2) is 19.7 Å². The van der Waals surface area contributed by atoms with E-state index in [4.69, 9.17) is 4.74 Å². The van der Waals surface area contributed by atoms with Crippen LogP contribution in [0.15, 0.2) is 24.3 Å². The zero-order valence-electron chi connectivity index (χ0n) is 11.3. The predicted molar refractivity (Wildman–Crippen MR) is 71.3 cm³/mol. The minimum Gasteiger partial charge on any atom is -0.469 e. The predicted octanol–water partition coefficient (Wildman–Crippen LogP) is 3.25. The highest BCUT2D eigenvalue weighted by Crippen LogP contribution is 2.06. The van der Waals surface area contributed by atoms with Crippen LogP contribution in [0.4, 0.5) is 0 Å². The number of aryl methyl sites for hydroxylation is 1. The number of hydrogen-bond acceptors (Lipinski definition) is 3. The van der Waals surface area contributed by atoms with E-state index in [2.05, 4.69) is 35.9 Å². The number of esters is 1. The van der Waals surface area contributed by atoms with Crippen LogP contribution in [0, 0.1) is 6.92 Å². The second-order valence-corrected chi connectivity index (χ2v) is 4.42. The van der Waals surface area contributed by atoms with Gasteiger partial charge in [-0.15, -0.1) is 0 Å². The summed E-state index contributed by atoms with van der Waals surface area (Å²) in [6.07, 6.45) is 3.38. The van der Waals surface area contributed by atoms with E-state index >= 15 is 0 Å². The molecule has 100 valence electrons. The Hall–Kier alpha value is -1.35. The molecule has 0 aliphatic carbocycles. The highest BCUT2D eigenvalue weighted by Gasteiger charge is 1.99. The van der Waals surface area contributed by atoms with E-state index in [0.717, 1.165) is 25.9 Å². The summed E-state index contributed by atoms with van der Waals surface area (Å²) in [6.45, 7) is 3.48. The maximum absolute atomic E-state index is 10.9. The maximum atomic E-state index is 10.9. The van der Waals surface area contributed by atoms with Crippen LogP contribution in [0.5, 0.6) is 0 Å². The summed E-state index contributed by atoms with van der Waals surface area (Å²) < 4.78 is 10.2. The molecule has 3 nitrogen and oxygen atoms in total. The summed E-state index contributed by atoms with van der Waals surface area (Å²) in [4.78, 5) is 10.9. The van der Waals surface area contributed by atoms with Gasteiger partial charge in [0.2, 0.25) is 0 Å². The fourth-order valence-electron chi connectivity index (χ4n) is 1.63. The summed E-state index contributed by atoms with van der Waals surface area (Å²) in [5.74, 6) is -0.129. The maximum Gasteiger partial charge on any atom is 0.305 e. The third kappa shape index (κ3) is 6.40. The number of methoxy groups -OCH3 is 1. The van der Waals surface area contributed by atoms with Crippen molar-refractivity contribution in [1.82, 2.24) is 0 Å². The van der Waals surface area contributed by atoms with E-state index in [9.17, 15) is 4.79 Å². The van der Waals surface area contributed by atoms with E-state index in [1.165, 1.54) is 18.2 Å². The molecule has 0 amide bonds. The average molecular weight is 250 g/mol. The Labute approximate surface area is 109 Å². The molecule has 0 saturated carbocycles. The quantitative estimate of drug-likeness (QED) is 0.525. The fraction of sp³-hybridized carbons (Fsp3) is 0.533. The number of benzene rings is 1. The minimum atomic E-state index is -0.129.